The van der Waals surface area contributed by atoms with Crippen LogP contribution in [0.5, 0.6) is 0 Å². The average molecular weight is 226 g/mol. The molecule has 0 spiro atoms. The van der Waals surface area contributed by atoms with Crippen LogP contribution in [0.2, 0.25) is 0 Å². The molecule has 1 fully saturated rings. The molecular weight excluding hydrogens is 204 g/mol. The maximum absolute atomic E-state index is 12.0. The van der Waals surface area contributed by atoms with Crippen molar-refractivity contribution in [1.82, 2.24) is 4.90 Å². The number of likely N-dealkylation sites (tertiary alicyclic amines) is 1. The molecule has 1 amide bonds. The lowest BCUT2D eigenvalue weighted by Crippen LogP contribution is -2.44. The molecule has 0 aliphatic carbocycles. The summed E-state index contributed by atoms with van der Waals surface area (Å²) in [4.78, 5) is 18.9. The van der Waals surface area contributed by atoms with Crippen LogP contribution in [0.25, 0.3) is 0 Å². The summed E-state index contributed by atoms with van der Waals surface area (Å²) in [7, 11) is 0. The standard InChI is InChI=1S/C12H22N2O2/c1-5-16-13-10-6-8-14(9-7-10)11(15)12(2,3)4/h5-9H2,1-4H3. The number of hydrogen-bond donors (Lipinski definition) is 0. The zero-order chi connectivity index (χ0) is 12.2. The van der Waals surface area contributed by atoms with Crippen LogP contribution in [0.3, 0.4) is 0 Å². The lowest BCUT2D eigenvalue weighted by Gasteiger charge is -2.32. The van der Waals surface area contributed by atoms with Gasteiger partial charge in [-0.2, -0.15) is 0 Å². The second-order valence-corrected chi connectivity index (χ2v) is 5.12. The molecule has 0 N–H and O–H groups in total. The summed E-state index contributed by atoms with van der Waals surface area (Å²) in [6.45, 7) is 9.93. The topological polar surface area (TPSA) is 41.9 Å². The average Bonchev–Trinajstić information content (AvgIpc) is 2.25. The number of oxime groups is 1. The highest BCUT2D eigenvalue weighted by Gasteiger charge is 2.29. The van der Waals surface area contributed by atoms with E-state index in [1.165, 1.54) is 0 Å². The first-order valence-electron chi connectivity index (χ1n) is 5.92. The first-order chi connectivity index (χ1) is 7.45. The van der Waals surface area contributed by atoms with Crippen LogP contribution < -0.4 is 0 Å². The van der Waals surface area contributed by atoms with Gasteiger partial charge < -0.3 is 9.74 Å². The number of hydrogen-bond acceptors (Lipinski definition) is 3. The van der Waals surface area contributed by atoms with E-state index in [0.29, 0.717) is 6.61 Å². The quantitative estimate of drug-likeness (QED) is 0.676. The zero-order valence-corrected chi connectivity index (χ0v) is 10.7. The van der Waals surface area contributed by atoms with Crippen LogP contribution in [-0.4, -0.2) is 36.2 Å². The number of carbonyl (C=O) groups excluding carboxylic acids is 1. The Balaban J connectivity index is 2.46. The van der Waals surface area contributed by atoms with Gasteiger partial charge in [0, 0.05) is 31.3 Å². The van der Waals surface area contributed by atoms with Gasteiger partial charge in [-0.25, -0.2) is 0 Å². The summed E-state index contributed by atoms with van der Waals surface area (Å²) in [5, 5.41) is 4.04. The third-order valence-electron chi connectivity index (χ3n) is 2.59. The maximum atomic E-state index is 12.0. The van der Waals surface area contributed by atoms with Gasteiger partial charge in [0.1, 0.15) is 6.61 Å². The second-order valence-electron chi connectivity index (χ2n) is 5.12. The van der Waals surface area contributed by atoms with Crippen molar-refractivity contribution in [2.24, 2.45) is 10.6 Å². The third-order valence-corrected chi connectivity index (χ3v) is 2.59. The molecule has 1 heterocycles. The molecule has 0 aromatic heterocycles. The molecule has 0 unspecified atom stereocenters. The van der Waals surface area contributed by atoms with E-state index in [9.17, 15) is 4.79 Å². The van der Waals surface area contributed by atoms with Gasteiger partial charge in [0.2, 0.25) is 5.91 Å². The molecule has 4 heteroatoms. The highest BCUT2D eigenvalue weighted by Crippen LogP contribution is 2.20. The fraction of sp³-hybridized carbons (Fsp3) is 0.833. The fourth-order valence-corrected chi connectivity index (χ4v) is 1.69. The minimum atomic E-state index is -0.283. The molecule has 0 bridgehead atoms. The summed E-state index contributed by atoms with van der Waals surface area (Å²) in [6, 6.07) is 0. The van der Waals surface area contributed by atoms with Crippen molar-refractivity contribution in [2.45, 2.75) is 40.5 Å². The van der Waals surface area contributed by atoms with E-state index in [4.69, 9.17) is 4.84 Å². The van der Waals surface area contributed by atoms with E-state index in [-0.39, 0.29) is 11.3 Å². The van der Waals surface area contributed by atoms with E-state index >= 15 is 0 Å². The number of rotatable bonds is 2. The largest absolute Gasteiger partial charge is 0.396 e. The zero-order valence-electron chi connectivity index (χ0n) is 10.7. The molecule has 1 aliphatic heterocycles. The monoisotopic (exact) mass is 226 g/mol. The Bertz CT molecular complexity index is 269. The highest BCUT2D eigenvalue weighted by atomic mass is 16.6. The number of nitrogens with zero attached hydrogens (tertiary/aromatic N) is 2. The Hall–Kier alpha value is -1.06. The van der Waals surface area contributed by atoms with Crippen molar-refractivity contribution in [2.75, 3.05) is 19.7 Å². The first-order valence-corrected chi connectivity index (χ1v) is 5.92. The summed E-state index contributed by atoms with van der Waals surface area (Å²) < 4.78 is 0. The van der Waals surface area contributed by atoms with Crippen LogP contribution in [0.1, 0.15) is 40.5 Å². The van der Waals surface area contributed by atoms with E-state index < -0.39 is 0 Å². The second kappa shape index (κ2) is 5.32. The van der Waals surface area contributed by atoms with Crippen LogP contribution in [0.15, 0.2) is 5.16 Å². The fourth-order valence-electron chi connectivity index (χ4n) is 1.69. The molecular formula is C12H22N2O2. The third kappa shape index (κ3) is 3.51. The molecule has 1 aliphatic rings. The highest BCUT2D eigenvalue weighted by molar-refractivity contribution is 5.88. The van der Waals surface area contributed by atoms with Crippen molar-refractivity contribution < 1.29 is 9.63 Å². The molecule has 0 aromatic rings. The lowest BCUT2D eigenvalue weighted by molar-refractivity contribution is -0.139. The Morgan fingerprint density at radius 2 is 1.94 bits per heavy atom. The summed E-state index contributed by atoms with van der Waals surface area (Å²) >= 11 is 0. The van der Waals surface area contributed by atoms with Gasteiger partial charge in [0.15, 0.2) is 0 Å². The molecule has 0 radical (unpaired) electrons. The van der Waals surface area contributed by atoms with Crippen molar-refractivity contribution >= 4 is 11.6 Å². The molecule has 0 saturated carbocycles. The minimum Gasteiger partial charge on any atom is -0.396 e. The van der Waals surface area contributed by atoms with Crippen molar-refractivity contribution in [3.8, 4) is 0 Å². The van der Waals surface area contributed by atoms with Gasteiger partial charge in [-0.15, -0.1) is 0 Å². The molecule has 16 heavy (non-hydrogen) atoms. The molecule has 1 saturated heterocycles. The summed E-state index contributed by atoms with van der Waals surface area (Å²) in [5.41, 5.74) is 0.786. The van der Waals surface area contributed by atoms with E-state index in [1.54, 1.807) is 0 Å². The van der Waals surface area contributed by atoms with Crippen LogP contribution in [0, 0.1) is 5.41 Å². The molecule has 1 rings (SSSR count). The number of piperidine rings is 1. The minimum absolute atomic E-state index is 0.225. The van der Waals surface area contributed by atoms with Gasteiger partial charge >= 0.3 is 0 Å². The van der Waals surface area contributed by atoms with Crippen molar-refractivity contribution in [3.05, 3.63) is 0 Å². The van der Waals surface area contributed by atoms with Crippen LogP contribution in [-0.2, 0) is 9.63 Å². The van der Waals surface area contributed by atoms with Gasteiger partial charge in [0.25, 0.3) is 0 Å². The normalized spacial score (nSPS) is 17.2. The summed E-state index contributed by atoms with van der Waals surface area (Å²) in [5.74, 6) is 0.225. The molecule has 92 valence electrons. The van der Waals surface area contributed by atoms with Gasteiger partial charge in [-0.05, 0) is 6.92 Å². The predicted octanol–water partition coefficient (Wildman–Crippen LogP) is 2.05. The van der Waals surface area contributed by atoms with Crippen LogP contribution >= 0.6 is 0 Å². The Kier molecular flexibility index (Phi) is 4.33. The number of carbonyl (C=O) groups is 1. The SMILES string of the molecule is CCON=C1CCN(C(=O)C(C)(C)C)CC1. The number of amides is 1. The lowest BCUT2D eigenvalue weighted by atomic mass is 9.93. The van der Waals surface area contributed by atoms with Crippen molar-refractivity contribution in [3.63, 3.8) is 0 Å². The molecule has 0 atom stereocenters. The van der Waals surface area contributed by atoms with Gasteiger partial charge in [-0.1, -0.05) is 25.9 Å². The van der Waals surface area contributed by atoms with Crippen LogP contribution in [0.4, 0.5) is 0 Å². The van der Waals surface area contributed by atoms with E-state index in [1.807, 2.05) is 32.6 Å². The Labute approximate surface area is 97.6 Å². The maximum Gasteiger partial charge on any atom is 0.227 e. The molecule has 0 aromatic carbocycles. The Morgan fingerprint density at radius 1 is 1.38 bits per heavy atom. The van der Waals surface area contributed by atoms with Gasteiger partial charge in [0.05, 0.1) is 5.71 Å². The summed E-state index contributed by atoms with van der Waals surface area (Å²) in [6.07, 6.45) is 1.67. The molecule has 4 nitrogen and oxygen atoms in total. The van der Waals surface area contributed by atoms with E-state index in [0.717, 1.165) is 31.6 Å². The Morgan fingerprint density at radius 3 is 2.38 bits per heavy atom. The van der Waals surface area contributed by atoms with Gasteiger partial charge in [-0.3, -0.25) is 4.79 Å². The van der Waals surface area contributed by atoms with Crippen molar-refractivity contribution in [1.29, 1.82) is 0 Å². The predicted molar refractivity (Wildman–Crippen MR) is 64.3 cm³/mol. The first kappa shape index (κ1) is 13.0. The van der Waals surface area contributed by atoms with E-state index in [2.05, 4.69) is 5.16 Å². The smallest absolute Gasteiger partial charge is 0.227 e.